The van der Waals surface area contributed by atoms with Gasteiger partial charge in [0, 0.05) is 20.1 Å². The first-order valence-corrected chi connectivity index (χ1v) is 5.48. The minimum atomic E-state index is -0.136. The van der Waals surface area contributed by atoms with E-state index in [0.29, 0.717) is 11.6 Å². The van der Waals surface area contributed by atoms with Crippen molar-refractivity contribution in [3.05, 3.63) is 11.9 Å². The highest BCUT2D eigenvalue weighted by atomic mass is 16.2. The summed E-state index contributed by atoms with van der Waals surface area (Å²) in [5.41, 5.74) is 0.383. The third-order valence-corrected chi connectivity index (χ3v) is 2.88. The van der Waals surface area contributed by atoms with Crippen molar-refractivity contribution < 1.29 is 4.79 Å². The number of nitrogens with zero attached hydrogens (tertiary/aromatic N) is 4. The summed E-state index contributed by atoms with van der Waals surface area (Å²) in [5, 5.41) is 10.4. The second kappa shape index (κ2) is 4.61. The molecule has 0 radical (unpaired) electrons. The molecule has 0 aliphatic carbocycles. The van der Waals surface area contributed by atoms with Crippen LogP contribution in [0.5, 0.6) is 0 Å². The molecule has 0 spiro atoms. The molecule has 1 fully saturated rings. The maximum atomic E-state index is 11.7. The first-order valence-electron chi connectivity index (χ1n) is 5.48. The molecule has 1 amide bonds. The lowest BCUT2D eigenvalue weighted by atomic mass is 10.1. The first kappa shape index (κ1) is 11.1. The van der Waals surface area contributed by atoms with Gasteiger partial charge in [-0.2, -0.15) is 0 Å². The third kappa shape index (κ3) is 2.57. The Morgan fingerprint density at radius 3 is 3.00 bits per heavy atom. The van der Waals surface area contributed by atoms with Crippen LogP contribution in [0.4, 0.5) is 0 Å². The van der Waals surface area contributed by atoms with Crippen LogP contribution in [0.1, 0.15) is 16.9 Å². The molecule has 2 rings (SSSR count). The van der Waals surface area contributed by atoms with Crippen LogP contribution in [0, 0.1) is 5.92 Å². The van der Waals surface area contributed by atoms with Gasteiger partial charge in [0.15, 0.2) is 5.69 Å². The fourth-order valence-electron chi connectivity index (χ4n) is 1.97. The highest BCUT2D eigenvalue weighted by Gasteiger charge is 2.20. The average molecular weight is 223 g/mol. The molecular weight excluding hydrogens is 206 g/mol. The van der Waals surface area contributed by atoms with E-state index in [-0.39, 0.29) is 5.91 Å². The Morgan fingerprint density at radius 1 is 1.62 bits per heavy atom. The number of hydrogen-bond donors (Lipinski definition) is 1. The van der Waals surface area contributed by atoms with Gasteiger partial charge in [-0.25, -0.2) is 0 Å². The van der Waals surface area contributed by atoms with Crippen molar-refractivity contribution >= 4 is 5.91 Å². The van der Waals surface area contributed by atoms with Gasteiger partial charge in [-0.15, -0.1) is 5.10 Å². The summed E-state index contributed by atoms with van der Waals surface area (Å²) in [6.45, 7) is 2.90. The van der Waals surface area contributed by atoms with Crippen LogP contribution in [0.2, 0.25) is 0 Å². The van der Waals surface area contributed by atoms with Crippen molar-refractivity contribution in [3.63, 3.8) is 0 Å². The van der Waals surface area contributed by atoms with Crippen LogP contribution >= 0.6 is 0 Å². The highest BCUT2D eigenvalue weighted by molar-refractivity contribution is 5.91. The number of carbonyl (C=O) groups is 1. The zero-order valence-electron chi connectivity index (χ0n) is 9.68. The molecular formula is C10H17N5O. The zero-order valence-corrected chi connectivity index (χ0v) is 9.68. The summed E-state index contributed by atoms with van der Waals surface area (Å²) in [4.78, 5) is 13.9. The number of aromatic nitrogens is 3. The average Bonchev–Trinajstić information content (AvgIpc) is 2.84. The fraction of sp³-hybridized carbons (Fsp3) is 0.700. The van der Waals surface area contributed by atoms with Crippen LogP contribution in [0.3, 0.4) is 0 Å². The molecule has 1 saturated heterocycles. The van der Waals surface area contributed by atoms with Crippen molar-refractivity contribution in [1.29, 1.82) is 0 Å². The fourth-order valence-corrected chi connectivity index (χ4v) is 1.97. The predicted molar refractivity (Wildman–Crippen MR) is 58.9 cm³/mol. The molecule has 1 N–H and O–H groups in total. The van der Waals surface area contributed by atoms with Crippen LogP contribution < -0.4 is 5.32 Å². The van der Waals surface area contributed by atoms with Gasteiger partial charge in [-0.1, -0.05) is 5.21 Å². The molecule has 6 heteroatoms. The molecule has 0 saturated carbocycles. The van der Waals surface area contributed by atoms with Gasteiger partial charge in [-0.05, 0) is 25.9 Å². The summed E-state index contributed by atoms with van der Waals surface area (Å²) in [7, 11) is 3.85. The Morgan fingerprint density at radius 2 is 2.44 bits per heavy atom. The summed E-state index contributed by atoms with van der Waals surface area (Å²) in [5.74, 6) is 0.424. The topological polar surface area (TPSA) is 63.1 Å². The second-order valence-electron chi connectivity index (χ2n) is 4.40. The third-order valence-electron chi connectivity index (χ3n) is 2.88. The van der Waals surface area contributed by atoms with Gasteiger partial charge in [0.2, 0.25) is 0 Å². The lowest BCUT2D eigenvalue weighted by molar-refractivity contribution is 0.0942. The summed E-state index contributed by atoms with van der Waals surface area (Å²) >= 11 is 0. The normalized spacial score (nSPS) is 21.2. The number of rotatable bonds is 3. The highest BCUT2D eigenvalue weighted by Crippen LogP contribution is 2.12. The van der Waals surface area contributed by atoms with E-state index in [0.717, 1.165) is 26.1 Å². The van der Waals surface area contributed by atoms with E-state index >= 15 is 0 Å². The van der Waals surface area contributed by atoms with Crippen LogP contribution in [-0.2, 0) is 7.05 Å². The van der Waals surface area contributed by atoms with E-state index < -0.39 is 0 Å². The Kier molecular flexibility index (Phi) is 3.19. The largest absolute Gasteiger partial charge is 0.350 e. The van der Waals surface area contributed by atoms with Gasteiger partial charge in [0.1, 0.15) is 0 Å². The van der Waals surface area contributed by atoms with E-state index in [1.165, 1.54) is 4.68 Å². The smallest absolute Gasteiger partial charge is 0.273 e. The Bertz CT molecular complexity index is 375. The Labute approximate surface area is 94.6 Å². The van der Waals surface area contributed by atoms with Crippen molar-refractivity contribution in [1.82, 2.24) is 25.2 Å². The molecule has 2 heterocycles. The molecule has 1 aliphatic rings. The zero-order chi connectivity index (χ0) is 11.5. The van der Waals surface area contributed by atoms with Gasteiger partial charge in [-0.3, -0.25) is 9.48 Å². The molecule has 1 aromatic heterocycles. The standard InChI is InChI=1S/C10H17N5O/c1-14-4-3-8(6-14)5-11-10(16)9-7-15(2)13-12-9/h7-8H,3-6H2,1-2H3,(H,11,16). The number of carbonyl (C=O) groups excluding carboxylic acids is 1. The maximum Gasteiger partial charge on any atom is 0.273 e. The van der Waals surface area contributed by atoms with E-state index in [9.17, 15) is 4.79 Å². The first-order chi connectivity index (χ1) is 7.65. The number of nitrogens with one attached hydrogen (secondary N) is 1. The molecule has 1 unspecified atom stereocenters. The van der Waals surface area contributed by atoms with Gasteiger partial charge >= 0.3 is 0 Å². The molecule has 1 aromatic rings. The second-order valence-corrected chi connectivity index (χ2v) is 4.40. The minimum absolute atomic E-state index is 0.136. The number of hydrogen-bond acceptors (Lipinski definition) is 4. The number of aryl methyl sites for hydroxylation is 1. The van der Waals surface area contributed by atoms with Crippen molar-refractivity contribution in [2.24, 2.45) is 13.0 Å². The lowest BCUT2D eigenvalue weighted by Crippen LogP contribution is -2.30. The molecule has 1 atom stereocenters. The Hall–Kier alpha value is -1.43. The van der Waals surface area contributed by atoms with E-state index in [4.69, 9.17) is 0 Å². The van der Waals surface area contributed by atoms with E-state index in [1.807, 2.05) is 0 Å². The quantitative estimate of drug-likeness (QED) is 0.750. The summed E-state index contributed by atoms with van der Waals surface area (Å²) in [6.07, 6.45) is 2.77. The van der Waals surface area contributed by atoms with Crippen molar-refractivity contribution in [2.45, 2.75) is 6.42 Å². The molecule has 0 aromatic carbocycles. The predicted octanol–water partition coefficient (Wildman–Crippen LogP) is -0.503. The number of likely N-dealkylation sites (tertiary alicyclic amines) is 1. The van der Waals surface area contributed by atoms with Crippen molar-refractivity contribution in [3.8, 4) is 0 Å². The summed E-state index contributed by atoms with van der Waals surface area (Å²) in [6, 6.07) is 0. The SMILES string of the molecule is CN1CCC(CNC(=O)c2cn(C)nn2)C1. The minimum Gasteiger partial charge on any atom is -0.350 e. The van der Waals surface area contributed by atoms with Gasteiger partial charge in [0.05, 0.1) is 6.20 Å². The number of amides is 1. The van der Waals surface area contributed by atoms with Crippen LogP contribution in [0.15, 0.2) is 6.20 Å². The van der Waals surface area contributed by atoms with Crippen molar-refractivity contribution in [2.75, 3.05) is 26.7 Å². The van der Waals surface area contributed by atoms with E-state index in [1.54, 1.807) is 13.2 Å². The summed E-state index contributed by atoms with van der Waals surface area (Å²) < 4.78 is 1.53. The Balaban J connectivity index is 1.80. The molecule has 16 heavy (non-hydrogen) atoms. The van der Waals surface area contributed by atoms with Gasteiger partial charge in [0.25, 0.3) is 5.91 Å². The molecule has 88 valence electrons. The lowest BCUT2D eigenvalue weighted by Gasteiger charge is -2.10. The van der Waals surface area contributed by atoms with Crippen LogP contribution in [0.25, 0.3) is 0 Å². The monoisotopic (exact) mass is 223 g/mol. The van der Waals surface area contributed by atoms with E-state index in [2.05, 4.69) is 27.6 Å². The van der Waals surface area contributed by atoms with Crippen LogP contribution in [-0.4, -0.2) is 52.5 Å². The molecule has 0 bridgehead atoms. The maximum absolute atomic E-state index is 11.7. The van der Waals surface area contributed by atoms with Gasteiger partial charge < -0.3 is 10.2 Å². The molecule has 1 aliphatic heterocycles. The molecule has 6 nitrogen and oxygen atoms in total.